The second-order valence-electron chi connectivity index (χ2n) is 2.41. The van der Waals surface area contributed by atoms with Gasteiger partial charge in [-0.25, -0.2) is 8.78 Å². The van der Waals surface area contributed by atoms with E-state index in [1.807, 2.05) is 4.98 Å². The molecule has 0 aliphatic heterocycles. The average Bonchev–Trinajstić information content (AvgIpc) is 2.17. The Labute approximate surface area is 77.7 Å². The molecule has 0 amide bonds. The third-order valence-corrected chi connectivity index (χ3v) is 1.59. The average molecular weight is 200 g/mol. The molecule has 1 N–H and O–H groups in total. The molecule has 74 valence electrons. The van der Waals surface area contributed by atoms with Crippen LogP contribution < -0.4 is 10.3 Å². The molecule has 1 heterocycles. The molecule has 0 aromatic carbocycles. The van der Waals surface area contributed by atoms with Crippen molar-refractivity contribution in [3.8, 4) is 11.8 Å². The number of ether oxygens (including phenoxy) is 1. The van der Waals surface area contributed by atoms with Crippen LogP contribution in [-0.4, -0.2) is 12.1 Å². The number of alkyl halides is 2. The van der Waals surface area contributed by atoms with Gasteiger partial charge in [0.05, 0.1) is 7.11 Å². The lowest BCUT2D eigenvalue weighted by molar-refractivity contribution is 0.141. The smallest absolute Gasteiger partial charge is 0.281 e. The maximum Gasteiger partial charge on any atom is 0.281 e. The molecule has 0 fully saturated rings. The number of H-pyrrole nitrogens is 1. The van der Waals surface area contributed by atoms with Crippen molar-refractivity contribution in [2.75, 3.05) is 7.11 Å². The summed E-state index contributed by atoms with van der Waals surface area (Å²) < 4.78 is 29.2. The monoisotopic (exact) mass is 200 g/mol. The first kappa shape index (κ1) is 10.2. The fourth-order valence-corrected chi connectivity index (χ4v) is 0.940. The van der Waals surface area contributed by atoms with Crippen LogP contribution in [0.4, 0.5) is 8.78 Å². The summed E-state index contributed by atoms with van der Waals surface area (Å²) in [4.78, 5) is 12.9. The maximum atomic E-state index is 12.3. The van der Waals surface area contributed by atoms with Crippen molar-refractivity contribution in [1.29, 1.82) is 5.26 Å². The zero-order valence-electron chi connectivity index (χ0n) is 7.17. The lowest BCUT2D eigenvalue weighted by Crippen LogP contribution is -2.14. The molecule has 0 aliphatic rings. The standard InChI is InChI=1S/C8H6F2N2O2/c1-14-5-2-4(3-11)8(13)12-6(5)7(9)10/h2,7H,1H3,(H,12,13). The topological polar surface area (TPSA) is 65.9 Å². The van der Waals surface area contributed by atoms with E-state index in [-0.39, 0.29) is 11.3 Å². The molecule has 1 aromatic rings. The van der Waals surface area contributed by atoms with Gasteiger partial charge in [-0.3, -0.25) is 4.79 Å². The number of nitrogens with one attached hydrogen (secondary N) is 1. The van der Waals surface area contributed by atoms with E-state index in [0.29, 0.717) is 0 Å². The first-order chi connectivity index (χ1) is 6.60. The summed E-state index contributed by atoms with van der Waals surface area (Å²) in [6.07, 6.45) is -2.84. The van der Waals surface area contributed by atoms with Crippen LogP contribution in [0.5, 0.6) is 5.75 Å². The van der Waals surface area contributed by atoms with Gasteiger partial charge in [0.25, 0.3) is 12.0 Å². The Balaban J connectivity index is 3.41. The molecular weight excluding hydrogens is 194 g/mol. The SMILES string of the molecule is COc1cc(C#N)c(=O)[nH]c1C(F)F. The van der Waals surface area contributed by atoms with Gasteiger partial charge in [-0.05, 0) is 0 Å². The second kappa shape index (κ2) is 3.87. The Morgan fingerprint density at radius 2 is 2.29 bits per heavy atom. The van der Waals surface area contributed by atoms with Crippen molar-refractivity contribution >= 4 is 0 Å². The summed E-state index contributed by atoms with van der Waals surface area (Å²) in [6.45, 7) is 0. The number of nitrogens with zero attached hydrogens (tertiary/aromatic N) is 1. The molecule has 1 rings (SSSR count). The Hall–Kier alpha value is -1.90. The van der Waals surface area contributed by atoms with Gasteiger partial charge >= 0.3 is 0 Å². The van der Waals surface area contributed by atoms with E-state index in [9.17, 15) is 13.6 Å². The summed E-state index contributed by atoms with van der Waals surface area (Å²) in [5.41, 5.74) is -1.72. The fraction of sp³-hybridized carbons (Fsp3) is 0.250. The number of aromatic amines is 1. The van der Waals surface area contributed by atoms with Crippen molar-refractivity contribution < 1.29 is 13.5 Å². The van der Waals surface area contributed by atoms with E-state index in [4.69, 9.17) is 5.26 Å². The molecule has 14 heavy (non-hydrogen) atoms. The molecule has 0 spiro atoms. The molecule has 0 aliphatic carbocycles. The highest BCUT2D eigenvalue weighted by atomic mass is 19.3. The van der Waals surface area contributed by atoms with Crippen LogP contribution in [0.2, 0.25) is 0 Å². The van der Waals surface area contributed by atoms with Crippen LogP contribution >= 0.6 is 0 Å². The van der Waals surface area contributed by atoms with E-state index in [1.54, 1.807) is 6.07 Å². The first-order valence-corrected chi connectivity index (χ1v) is 3.59. The molecule has 0 bridgehead atoms. The van der Waals surface area contributed by atoms with Gasteiger partial charge in [-0.1, -0.05) is 0 Å². The van der Waals surface area contributed by atoms with Crippen molar-refractivity contribution in [3.05, 3.63) is 27.7 Å². The molecule has 0 saturated carbocycles. The normalized spacial score (nSPS) is 9.93. The molecule has 4 nitrogen and oxygen atoms in total. The number of aromatic nitrogens is 1. The minimum Gasteiger partial charge on any atom is -0.495 e. The number of methoxy groups -OCH3 is 1. The minimum atomic E-state index is -2.84. The van der Waals surface area contributed by atoms with Crippen LogP contribution in [0.1, 0.15) is 17.7 Å². The molecule has 0 atom stereocenters. The van der Waals surface area contributed by atoms with Crippen LogP contribution in [-0.2, 0) is 0 Å². The van der Waals surface area contributed by atoms with Gasteiger partial charge in [0.15, 0.2) is 0 Å². The molecule has 0 unspecified atom stereocenters. The number of nitriles is 1. The quantitative estimate of drug-likeness (QED) is 0.779. The summed E-state index contributed by atoms with van der Waals surface area (Å²) in [7, 11) is 1.18. The lowest BCUT2D eigenvalue weighted by atomic mass is 10.2. The highest BCUT2D eigenvalue weighted by molar-refractivity contribution is 5.37. The second-order valence-corrected chi connectivity index (χ2v) is 2.41. The lowest BCUT2D eigenvalue weighted by Gasteiger charge is -2.06. The number of rotatable bonds is 2. The summed E-state index contributed by atoms with van der Waals surface area (Å²) in [6, 6.07) is 2.55. The Bertz CT molecular complexity index is 434. The third kappa shape index (κ3) is 1.71. The van der Waals surface area contributed by atoms with Gasteiger partial charge in [0.2, 0.25) is 0 Å². The zero-order valence-corrected chi connectivity index (χ0v) is 7.17. The van der Waals surface area contributed by atoms with Crippen LogP contribution in [0.3, 0.4) is 0 Å². The predicted octanol–water partition coefficient (Wildman–Crippen LogP) is 1.19. The Morgan fingerprint density at radius 1 is 1.64 bits per heavy atom. The van der Waals surface area contributed by atoms with E-state index in [1.165, 1.54) is 7.11 Å². The number of hydrogen-bond donors (Lipinski definition) is 1. The van der Waals surface area contributed by atoms with E-state index in [0.717, 1.165) is 6.07 Å². The number of hydrogen-bond acceptors (Lipinski definition) is 3. The molecule has 0 saturated heterocycles. The first-order valence-electron chi connectivity index (χ1n) is 3.59. The maximum absolute atomic E-state index is 12.3. The van der Waals surface area contributed by atoms with Crippen molar-refractivity contribution in [1.82, 2.24) is 4.98 Å². The molecule has 6 heteroatoms. The van der Waals surface area contributed by atoms with Crippen molar-refractivity contribution in [2.45, 2.75) is 6.43 Å². The van der Waals surface area contributed by atoms with Gasteiger partial charge in [0.1, 0.15) is 23.1 Å². The summed E-state index contributed by atoms with van der Waals surface area (Å²) >= 11 is 0. The fourth-order valence-electron chi connectivity index (χ4n) is 0.940. The minimum absolute atomic E-state index is 0.198. The largest absolute Gasteiger partial charge is 0.495 e. The predicted molar refractivity (Wildman–Crippen MR) is 43.3 cm³/mol. The van der Waals surface area contributed by atoms with E-state index >= 15 is 0 Å². The van der Waals surface area contributed by atoms with Crippen molar-refractivity contribution in [3.63, 3.8) is 0 Å². The number of halogens is 2. The molecule has 0 radical (unpaired) electrons. The highest BCUT2D eigenvalue weighted by Crippen LogP contribution is 2.25. The van der Waals surface area contributed by atoms with E-state index < -0.39 is 17.7 Å². The number of pyridine rings is 1. The Kier molecular flexibility index (Phi) is 2.82. The van der Waals surface area contributed by atoms with Crippen LogP contribution in [0.25, 0.3) is 0 Å². The van der Waals surface area contributed by atoms with Crippen molar-refractivity contribution in [2.24, 2.45) is 0 Å². The molecule has 1 aromatic heterocycles. The Morgan fingerprint density at radius 3 is 2.71 bits per heavy atom. The van der Waals surface area contributed by atoms with Crippen LogP contribution in [0.15, 0.2) is 10.9 Å². The van der Waals surface area contributed by atoms with E-state index in [2.05, 4.69) is 4.74 Å². The summed E-state index contributed by atoms with van der Waals surface area (Å²) in [5.74, 6) is -0.198. The van der Waals surface area contributed by atoms with Crippen LogP contribution in [0, 0.1) is 11.3 Å². The van der Waals surface area contributed by atoms with Gasteiger partial charge in [-0.2, -0.15) is 5.26 Å². The van der Waals surface area contributed by atoms with Gasteiger partial charge < -0.3 is 9.72 Å². The highest BCUT2D eigenvalue weighted by Gasteiger charge is 2.16. The van der Waals surface area contributed by atoms with Gasteiger partial charge in [0, 0.05) is 6.07 Å². The molecular formula is C8H6F2N2O2. The van der Waals surface area contributed by atoms with Gasteiger partial charge in [-0.15, -0.1) is 0 Å². The third-order valence-electron chi connectivity index (χ3n) is 1.59. The zero-order chi connectivity index (χ0) is 10.7. The summed E-state index contributed by atoms with van der Waals surface area (Å²) in [5, 5.41) is 8.45.